The monoisotopic (exact) mass is 270 g/mol. The van der Waals surface area contributed by atoms with E-state index in [0.717, 1.165) is 23.2 Å². The Morgan fingerprint density at radius 1 is 1.15 bits per heavy atom. The summed E-state index contributed by atoms with van der Waals surface area (Å²) < 4.78 is 5.07. The first kappa shape index (κ1) is 13.6. The van der Waals surface area contributed by atoms with E-state index >= 15 is 0 Å². The molecule has 0 saturated heterocycles. The summed E-state index contributed by atoms with van der Waals surface area (Å²) in [5, 5.41) is 13.8. The molecular weight excluding hydrogens is 256 g/mol. The van der Waals surface area contributed by atoms with Crippen LogP contribution in [0.2, 0.25) is 0 Å². The van der Waals surface area contributed by atoms with Crippen LogP contribution < -0.4 is 10.1 Å². The van der Waals surface area contributed by atoms with Crippen LogP contribution in [0.3, 0.4) is 0 Å². The summed E-state index contributed by atoms with van der Waals surface area (Å²) >= 11 is 0. The molecule has 0 radical (unpaired) electrons. The zero-order chi connectivity index (χ0) is 14.4. The summed E-state index contributed by atoms with van der Waals surface area (Å²) in [6, 6.07) is 16.3. The predicted molar refractivity (Wildman–Crippen MR) is 78.0 cm³/mol. The van der Waals surface area contributed by atoms with Crippen LogP contribution in [-0.4, -0.2) is 12.0 Å². The van der Waals surface area contributed by atoms with Crippen LogP contribution in [0.5, 0.6) is 5.75 Å². The minimum atomic E-state index is -0.473. The average molecular weight is 270 g/mol. The molecule has 0 aliphatic rings. The standard InChI is InChI=1S/C15H14N2O3/c1-20-14-9-7-13(8-10-14)16-15(11-17(18)19)12-5-3-2-4-6-12/h2-11,16H,1H3. The van der Waals surface area contributed by atoms with Crippen molar-refractivity contribution in [2.75, 3.05) is 12.4 Å². The largest absolute Gasteiger partial charge is 0.497 e. The van der Waals surface area contributed by atoms with Crippen molar-refractivity contribution in [3.63, 3.8) is 0 Å². The molecule has 0 saturated carbocycles. The van der Waals surface area contributed by atoms with E-state index in [4.69, 9.17) is 4.74 Å². The van der Waals surface area contributed by atoms with Gasteiger partial charge < -0.3 is 10.1 Å². The number of methoxy groups -OCH3 is 1. The Morgan fingerprint density at radius 3 is 2.35 bits per heavy atom. The molecule has 0 heterocycles. The molecule has 5 heteroatoms. The van der Waals surface area contributed by atoms with E-state index < -0.39 is 4.92 Å². The van der Waals surface area contributed by atoms with Crippen molar-refractivity contribution in [3.05, 3.63) is 76.5 Å². The minimum absolute atomic E-state index is 0.431. The van der Waals surface area contributed by atoms with E-state index in [1.165, 1.54) is 0 Å². The number of nitrogens with zero attached hydrogens (tertiary/aromatic N) is 1. The number of hydrogen-bond donors (Lipinski definition) is 1. The fourth-order valence-electron chi connectivity index (χ4n) is 1.73. The van der Waals surface area contributed by atoms with Crippen molar-refractivity contribution >= 4 is 11.4 Å². The average Bonchev–Trinajstić information content (AvgIpc) is 2.48. The maximum atomic E-state index is 10.7. The van der Waals surface area contributed by atoms with Gasteiger partial charge in [-0.2, -0.15) is 0 Å². The maximum absolute atomic E-state index is 10.7. The fraction of sp³-hybridized carbons (Fsp3) is 0.0667. The Bertz CT molecular complexity index is 607. The van der Waals surface area contributed by atoms with Gasteiger partial charge in [-0.25, -0.2) is 0 Å². The molecule has 0 atom stereocenters. The molecule has 20 heavy (non-hydrogen) atoms. The van der Waals surface area contributed by atoms with E-state index in [1.54, 1.807) is 31.4 Å². The van der Waals surface area contributed by atoms with E-state index in [-0.39, 0.29) is 0 Å². The van der Waals surface area contributed by atoms with Crippen LogP contribution in [0.4, 0.5) is 5.69 Å². The molecule has 102 valence electrons. The lowest BCUT2D eigenvalue weighted by Gasteiger charge is -2.09. The number of nitro groups is 1. The molecule has 0 aliphatic heterocycles. The van der Waals surface area contributed by atoms with Gasteiger partial charge in [-0.05, 0) is 24.3 Å². The lowest BCUT2D eigenvalue weighted by molar-refractivity contribution is -0.401. The molecule has 0 fully saturated rings. The number of anilines is 1. The molecule has 0 aliphatic carbocycles. The first-order chi connectivity index (χ1) is 9.69. The smallest absolute Gasteiger partial charge is 0.258 e. The Kier molecular flexibility index (Phi) is 4.34. The van der Waals surface area contributed by atoms with Gasteiger partial charge in [-0.3, -0.25) is 10.1 Å². The van der Waals surface area contributed by atoms with Gasteiger partial charge in [0.05, 0.1) is 12.0 Å². The molecule has 5 nitrogen and oxygen atoms in total. The topological polar surface area (TPSA) is 64.4 Å². The molecule has 0 aromatic heterocycles. The Balaban J connectivity index is 2.26. The van der Waals surface area contributed by atoms with Crippen molar-refractivity contribution in [1.82, 2.24) is 0 Å². The van der Waals surface area contributed by atoms with E-state index in [9.17, 15) is 10.1 Å². The van der Waals surface area contributed by atoms with Crippen LogP contribution in [-0.2, 0) is 0 Å². The van der Waals surface area contributed by atoms with Gasteiger partial charge in [0, 0.05) is 11.3 Å². The van der Waals surface area contributed by atoms with Crippen molar-refractivity contribution in [1.29, 1.82) is 0 Å². The summed E-state index contributed by atoms with van der Waals surface area (Å²) in [6.45, 7) is 0. The van der Waals surface area contributed by atoms with E-state index in [0.29, 0.717) is 5.70 Å². The summed E-state index contributed by atoms with van der Waals surface area (Å²) in [4.78, 5) is 10.3. The first-order valence-electron chi connectivity index (χ1n) is 6.01. The lowest BCUT2D eigenvalue weighted by atomic mass is 10.1. The van der Waals surface area contributed by atoms with Crippen LogP contribution in [0.15, 0.2) is 60.8 Å². The number of nitrogens with one attached hydrogen (secondary N) is 1. The molecule has 0 bridgehead atoms. The van der Waals surface area contributed by atoms with Crippen molar-refractivity contribution < 1.29 is 9.66 Å². The molecule has 0 unspecified atom stereocenters. The van der Waals surface area contributed by atoms with E-state index in [1.807, 2.05) is 30.3 Å². The van der Waals surface area contributed by atoms with Gasteiger partial charge in [-0.15, -0.1) is 0 Å². The van der Waals surface area contributed by atoms with Gasteiger partial charge in [0.25, 0.3) is 6.20 Å². The third-order valence-corrected chi connectivity index (χ3v) is 2.69. The second-order valence-corrected chi connectivity index (χ2v) is 4.05. The molecule has 0 amide bonds. The normalized spacial score (nSPS) is 10.9. The summed E-state index contributed by atoms with van der Waals surface area (Å²) in [5.74, 6) is 0.732. The van der Waals surface area contributed by atoms with Crippen LogP contribution >= 0.6 is 0 Å². The Hall–Kier alpha value is -2.82. The summed E-state index contributed by atoms with van der Waals surface area (Å²) in [5.41, 5.74) is 1.93. The molecule has 1 N–H and O–H groups in total. The summed E-state index contributed by atoms with van der Waals surface area (Å²) in [6.07, 6.45) is 0.958. The van der Waals surface area contributed by atoms with Gasteiger partial charge in [-0.1, -0.05) is 30.3 Å². The van der Waals surface area contributed by atoms with Crippen molar-refractivity contribution in [3.8, 4) is 5.75 Å². The molecule has 2 aromatic rings. The quantitative estimate of drug-likeness (QED) is 0.668. The zero-order valence-corrected chi connectivity index (χ0v) is 10.9. The SMILES string of the molecule is COc1ccc(NC(=C[N+](=O)[O-])c2ccccc2)cc1. The highest BCUT2D eigenvalue weighted by Gasteiger charge is 2.06. The molecular formula is C15H14N2O3. The second-order valence-electron chi connectivity index (χ2n) is 4.05. The first-order valence-corrected chi connectivity index (χ1v) is 6.01. The van der Waals surface area contributed by atoms with Crippen LogP contribution in [0.1, 0.15) is 5.56 Å². The van der Waals surface area contributed by atoms with Crippen LogP contribution in [0.25, 0.3) is 5.70 Å². The summed E-state index contributed by atoms with van der Waals surface area (Å²) in [7, 11) is 1.59. The third kappa shape index (κ3) is 3.58. The highest BCUT2D eigenvalue weighted by Crippen LogP contribution is 2.21. The number of benzene rings is 2. The second kappa shape index (κ2) is 6.38. The van der Waals surface area contributed by atoms with Gasteiger partial charge >= 0.3 is 0 Å². The fourth-order valence-corrected chi connectivity index (χ4v) is 1.73. The highest BCUT2D eigenvalue weighted by molar-refractivity contribution is 5.76. The number of hydrogen-bond acceptors (Lipinski definition) is 4. The predicted octanol–water partition coefficient (Wildman–Crippen LogP) is 3.38. The lowest BCUT2D eigenvalue weighted by Crippen LogP contribution is -2.01. The third-order valence-electron chi connectivity index (χ3n) is 2.69. The Labute approximate surface area is 116 Å². The zero-order valence-electron chi connectivity index (χ0n) is 10.9. The van der Waals surface area contributed by atoms with Crippen LogP contribution in [0, 0.1) is 10.1 Å². The van der Waals surface area contributed by atoms with Gasteiger partial charge in [0.2, 0.25) is 0 Å². The maximum Gasteiger partial charge on any atom is 0.258 e. The molecule has 2 aromatic carbocycles. The van der Waals surface area contributed by atoms with Crippen molar-refractivity contribution in [2.24, 2.45) is 0 Å². The van der Waals surface area contributed by atoms with Gasteiger partial charge in [0.15, 0.2) is 0 Å². The molecule has 2 rings (SSSR count). The number of ether oxygens (including phenoxy) is 1. The van der Waals surface area contributed by atoms with E-state index in [2.05, 4.69) is 5.32 Å². The van der Waals surface area contributed by atoms with Gasteiger partial charge in [0.1, 0.15) is 11.4 Å². The highest BCUT2D eigenvalue weighted by atomic mass is 16.6. The number of rotatable bonds is 5. The molecule has 0 spiro atoms. The Morgan fingerprint density at radius 2 is 1.80 bits per heavy atom. The van der Waals surface area contributed by atoms with Crippen molar-refractivity contribution in [2.45, 2.75) is 0 Å². The minimum Gasteiger partial charge on any atom is -0.497 e.